The van der Waals surface area contributed by atoms with Gasteiger partial charge in [0.25, 0.3) is 5.91 Å². The molecular weight excluding hydrogens is 375 g/mol. The molecular formula is C21H21FN4O3. The third-order valence-electron chi connectivity index (χ3n) is 4.15. The Labute approximate surface area is 167 Å². The molecule has 1 amide bonds. The molecule has 0 aliphatic carbocycles. The van der Waals surface area contributed by atoms with Gasteiger partial charge in [0.2, 0.25) is 0 Å². The number of anilines is 2. The van der Waals surface area contributed by atoms with Crippen LogP contribution in [0, 0.1) is 5.82 Å². The van der Waals surface area contributed by atoms with E-state index in [1.165, 1.54) is 24.5 Å². The van der Waals surface area contributed by atoms with Gasteiger partial charge >= 0.3 is 0 Å². The zero-order valence-corrected chi connectivity index (χ0v) is 16.1. The molecule has 0 spiro atoms. The van der Waals surface area contributed by atoms with Crippen molar-refractivity contribution in [2.75, 3.05) is 31.4 Å². The minimum Gasteiger partial charge on any atom is -0.493 e. The van der Waals surface area contributed by atoms with Crippen molar-refractivity contribution in [3.63, 3.8) is 0 Å². The van der Waals surface area contributed by atoms with Gasteiger partial charge in [-0.3, -0.25) is 4.79 Å². The van der Waals surface area contributed by atoms with Gasteiger partial charge in [0.05, 0.1) is 14.2 Å². The van der Waals surface area contributed by atoms with Crippen LogP contribution in [0.1, 0.15) is 16.1 Å². The first-order chi connectivity index (χ1) is 14.1. The summed E-state index contributed by atoms with van der Waals surface area (Å²) in [6.07, 6.45) is 2.02. The van der Waals surface area contributed by atoms with Crippen molar-refractivity contribution < 1.29 is 18.7 Å². The van der Waals surface area contributed by atoms with Crippen LogP contribution in [0.2, 0.25) is 0 Å². The molecule has 0 unspecified atom stereocenters. The van der Waals surface area contributed by atoms with Gasteiger partial charge in [-0.05, 0) is 42.3 Å². The molecule has 0 saturated heterocycles. The zero-order chi connectivity index (χ0) is 20.6. The van der Waals surface area contributed by atoms with Crippen LogP contribution in [-0.2, 0) is 6.42 Å². The van der Waals surface area contributed by atoms with Crippen LogP contribution < -0.4 is 20.1 Å². The molecule has 0 atom stereocenters. The first-order valence-electron chi connectivity index (χ1n) is 8.93. The van der Waals surface area contributed by atoms with Crippen molar-refractivity contribution in [3.8, 4) is 11.5 Å². The van der Waals surface area contributed by atoms with Gasteiger partial charge in [0.15, 0.2) is 11.5 Å². The average Bonchev–Trinajstić information content (AvgIpc) is 2.74. The van der Waals surface area contributed by atoms with Crippen molar-refractivity contribution in [2.24, 2.45) is 0 Å². The zero-order valence-electron chi connectivity index (χ0n) is 16.1. The summed E-state index contributed by atoms with van der Waals surface area (Å²) in [5.41, 5.74) is 1.60. The van der Waals surface area contributed by atoms with E-state index in [1.807, 2.05) is 18.2 Å². The summed E-state index contributed by atoms with van der Waals surface area (Å²) in [5.74, 6) is 0.992. The predicted molar refractivity (Wildman–Crippen MR) is 108 cm³/mol. The number of rotatable bonds is 8. The van der Waals surface area contributed by atoms with Crippen LogP contribution in [0.4, 0.5) is 15.9 Å². The Morgan fingerprint density at radius 3 is 2.62 bits per heavy atom. The van der Waals surface area contributed by atoms with Gasteiger partial charge in [-0.15, -0.1) is 0 Å². The standard InChI is InChI=1S/C21H21FN4O3/c1-28-18-7-6-14(10-19(18)29-2)8-9-23-20-12-17(24-13-25-20)21(27)26-16-5-3-4-15(22)11-16/h3-7,10-13H,8-9H2,1-2H3,(H,26,27)(H,23,24,25). The summed E-state index contributed by atoms with van der Waals surface area (Å²) in [4.78, 5) is 20.4. The number of nitrogens with one attached hydrogen (secondary N) is 2. The van der Waals surface area contributed by atoms with Gasteiger partial charge in [-0.1, -0.05) is 12.1 Å². The van der Waals surface area contributed by atoms with Gasteiger partial charge in [-0.2, -0.15) is 0 Å². The number of halogens is 1. The summed E-state index contributed by atoms with van der Waals surface area (Å²) >= 11 is 0. The lowest BCUT2D eigenvalue weighted by Gasteiger charge is -2.10. The van der Waals surface area contributed by atoms with Crippen LogP contribution in [0.5, 0.6) is 11.5 Å². The number of hydrogen-bond acceptors (Lipinski definition) is 6. The predicted octanol–water partition coefficient (Wildman–Crippen LogP) is 3.54. The third kappa shape index (κ3) is 5.41. The minimum absolute atomic E-state index is 0.179. The summed E-state index contributed by atoms with van der Waals surface area (Å²) in [5, 5.41) is 5.77. The molecule has 29 heavy (non-hydrogen) atoms. The SMILES string of the molecule is COc1ccc(CCNc2cc(C(=O)Nc3cccc(F)c3)ncn2)cc1OC. The van der Waals surface area contributed by atoms with Crippen LogP contribution >= 0.6 is 0 Å². The largest absolute Gasteiger partial charge is 0.493 e. The molecule has 3 rings (SSSR count). The summed E-state index contributed by atoms with van der Waals surface area (Å²) in [7, 11) is 3.19. The van der Waals surface area contributed by atoms with Gasteiger partial charge < -0.3 is 20.1 Å². The highest BCUT2D eigenvalue weighted by molar-refractivity contribution is 6.03. The second-order valence-corrected chi connectivity index (χ2v) is 6.12. The first kappa shape index (κ1) is 20.1. The van der Waals surface area contributed by atoms with E-state index in [-0.39, 0.29) is 5.69 Å². The van der Waals surface area contributed by atoms with Crippen LogP contribution in [0.25, 0.3) is 0 Å². The van der Waals surface area contributed by atoms with Gasteiger partial charge in [-0.25, -0.2) is 14.4 Å². The Balaban J connectivity index is 1.59. The molecule has 7 nitrogen and oxygen atoms in total. The van der Waals surface area contributed by atoms with Crippen molar-refractivity contribution >= 4 is 17.4 Å². The molecule has 0 aliphatic heterocycles. The molecule has 0 bridgehead atoms. The number of carbonyl (C=O) groups excluding carboxylic acids is 1. The fraction of sp³-hybridized carbons (Fsp3) is 0.190. The molecule has 2 N–H and O–H groups in total. The first-order valence-corrected chi connectivity index (χ1v) is 8.93. The number of amides is 1. The lowest BCUT2D eigenvalue weighted by atomic mass is 10.1. The molecule has 1 aromatic heterocycles. The second-order valence-electron chi connectivity index (χ2n) is 6.12. The summed E-state index contributed by atoms with van der Waals surface area (Å²) in [6.45, 7) is 0.595. The maximum absolute atomic E-state index is 13.3. The number of ether oxygens (including phenoxy) is 2. The van der Waals surface area contributed by atoms with E-state index in [2.05, 4.69) is 20.6 Å². The Kier molecular flexibility index (Phi) is 6.57. The molecule has 0 fully saturated rings. The second kappa shape index (κ2) is 9.50. The van der Waals surface area contributed by atoms with Gasteiger partial charge in [0, 0.05) is 18.3 Å². The monoisotopic (exact) mass is 396 g/mol. The lowest BCUT2D eigenvalue weighted by Crippen LogP contribution is -2.15. The van der Waals surface area contributed by atoms with E-state index in [4.69, 9.17) is 9.47 Å². The summed E-state index contributed by atoms with van der Waals surface area (Å²) < 4.78 is 23.8. The highest BCUT2D eigenvalue weighted by Crippen LogP contribution is 2.27. The van der Waals surface area contributed by atoms with E-state index >= 15 is 0 Å². The fourth-order valence-corrected chi connectivity index (χ4v) is 2.71. The molecule has 0 saturated carbocycles. The number of benzene rings is 2. The lowest BCUT2D eigenvalue weighted by molar-refractivity contribution is 0.102. The van der Waals surface area contributed by atoms with Crippen molar-refractivity contribution in [1.29, 1.82) is 0 Å². The third-order valence-corrected chi connectivity index (χ3v) is 4.15. The van der Waals surface area contributed by atoms with E-state index in [1.54, 1.807) is 26.4 Å². The Bertz CT molecular complexity index is 997. The number of methoxy groups -OCH3 is 2. The highest BCUT2D eigenvalue weighted by atomic mass is 19.1. The van der Waals surface area contributed by atoms with Crippen molar-refractivity contribution in [2.45, 2.75) is 6.42 Å². The molecule has 8 heteroatoms. The summed E-state index contributed by atoms with van der Waals surface area (Å²) in [6, 6.07) is 12.9. The molecule has 1 heterocycles. The Hall–Kier alpha value is -3.68. The van der Waals surface area contributed by atoms with Crippen LogP contribution in [0.15, 0.2) is 54.9 Å². The fourth-order valence-electron chi connectivity index (χ4n) is 2.71. The van der Waals surface area contributed by atoms with Crippen molar-refractivity contribution in [3.05, 3.63) is 71.9 Å². The maximum atomic E-state index is 13.3. The van der Waals surface area contributed by atoms with E-state index in [0.717, 1.165) is 12.0 Å². The molecule has 150 valence electrons. The van der Waals surface area contributed by atoms with Crippen LogP contribution in [0.3, 0.4) is 0 Å². The van der Waals surface area contributed by atoms with E-state index in [9.17, 15) is 9.18 Å². The molecule has 0 radical (unpaired) electrons. The number of hydrogen-bond donors (Lipinski definition) is 2. The molecule has 2 aromatic carbocycles. The van der Waals surface area contributed by atoms with E-state index < -0.39 is 11.7 Å². The van der Waals surface area contributed by atoms with Gasteiger partial charge in [0.1, 0.15) is 23.7 Å². The Morgan fingerprint density at radius 1 is 1.03 bits per heavy atom. The van der Waals surface area contributed by atoms with Crippen LogP contribution in [-0.4, -0.2) is 36.6 Å². The Morgan fingerprint density at radius 2 is 1.86 bits per heavy atom. The number of nitrogens with zero attached hydrogens (tertiary/aromatic N) is 2. The smallest absolute Gasteiger partial charge is 0.274 e. The molecule has 0 aliphatic rings. The normalized spacial score (nSPS) is 10.3. The number of aromatic nitrogens is 2. The quantitative estimate of drug-likeness (QED) is 0.606. The number of carbonyl (C=O) groups is 1. The molecule has 3 aromatic rings. The van der Waals surface area contributed by atoms with Crippen molar-refractivity contribution in [1.82, 2.24) is 9.97 Å². The van der Waals surface area contributed by atoms with E-state index in [0.29, 0.717) is 29.5 Å². The highest BCUT2D eigenvalue weighted by Gasteiger charge is 2.10. The average molecular weight is 396 g/mol. The topological polar surface area (TPSA) is 85.4 Å². The minimum atomic E-state index is -0.444. The maximum Gasteiger partial charge on any atom is 0.274 e.